The van der Waals surface area contributed by atoms with E-state index < -0.39 is 23.6 Å². The van der Waals surface area contributed by atoms with Crippen LogP contribution in [0.15, 0.2) is 48.5 Å². The van der Waals surface area contributed by atoms with Crippen molar-refractivity contribution in [2.45, 2.75) is 6.18 Å². The number of piperazine rings is 1. The average molecular weight is 395 g/mol. The van der Waals surface area contributed by atoms with E-state index in [4.69, 9.17) is 0 Å². The molecule has 3 rings (SSSR count). The third-order valence-corrected chi connectivity index (χ3v) is 4.39. The number of amides is 3. The second kappa shape index (κ2) is 7.87. The molecule has 0 unspecified atom stereocenters. The Kier molecular flexibility index (Phi) is 5.53. The predicted octanol–water partition coefficient (Wildman–Crippen LogP) is 3.83. The summed E-state index contributed by atoms with van der Waals surface area (Å²) in [5.74, 6) is -0.858. The number of alkyl halides is 3. The SMILES string of the molecule is O=C(Nc1cccc(F)c1)N1CCN(C(=O)c2ccc(C(F)(F)F)cc2)CC1. The van der Waals surface area contributed by atoms with Gasteiger partial charge in [0.25, 0.3) is 5.91 Å². The summed E-state index contributed by atoms with van der Waals surface area (Å²) in [7, 11) is 0. The Morgan fingerprint density at radius 1 is 0.893 bits per heavy atom. The van der Waals surface area contributed by atoms with Gasteiger partial charge in [-0.1, -0.05) is 6.07 Å². The number of urea groups is 1. The standard InChI is InChI=1S/C19H17F4N3O2/c20-15-2-1-3-16(12-15)24-18(28)26-10-8-25(9-11-26)17(27)13-4-6-14(7-5-13)19(21,22)23/h1-7,12H,8-11H2,(H,24,28). The lowest BCUT2D eigenvalue weighted by Gasteiger charge is -2.34. The number of rotatable bonds is 2. The van der Waals surface area contributed by atoms with Crippen LogP contribution in [0.1, 0.15) is 15.9 Å². The maximum atomic E-state index is 13.2. The molecule has 0 saturated carbocycles. The molecular weight excluding hydrogens is 378 g/mol. The minimum absolute atomic E-state index is 0.158. The molecule has 1 N–H and O–H groups in total. The van der Waals surface area contributed by atoms with Gasteiger partial charge in [-0.25, -0.2) is 9.18 Å². The molecule has 28 heavy (non-hydrogen) atoms. The van der Waals surface area contributed by atoms with Crippen molar-refractivity contribution < 1.29 is 27.2 Å². The molecule has 9 heteroatoms. The summed E-state index contributed by atoms with van der Waals surface area (Å²) in [6.07, 6.45) is -4.46. The van der Waals surface area contributed by atoms with Crippen LogP contribution in [0.2, 0.25) is 0 Å². The molecule has 1 heterocycles. The summed E-state index contributed by atoms with van der Waals surface area (Å²) in [4.78, 5) is 27.7. The summed E-state index contributed by atoms with van der Waals surface area (Å²) in [5, 5.41) is 2.59. The lowest BCUT2D eigenvalue weighted by Crippen LogP contribution is -2.51. The molecule has 1 fully saturated rings. The minimum atomic E-state index is -4.46. The van der Waals surface area contributed by atoms with Crippen molar-refractivity contribution in [2.24, 2.45) is 0 Å². The zero-order valence-corrected chi connectivity index (χ0v) is 14.7. The van der Waals surface area contributed by atoms with Gasteiger partial charge in [0.2, 0.25) is 0 Å². The molecule has 0 bridgehead atoms. The number of nitrogens with zero attached hydrogens (tertiary/aromatic N) is 2. The van der Waals surface area contributed by atoms with Gasteiger partial charge in [-0.15, -0.1) is 0 Å². The van der Waals surface area contributed by atoms with E-state index in [-0.39, 0.29) is 37.6 Å². The normalized spacial score (nSPS) is 14.7. The summed E-state index contributed by atoms with van der Waals surface area (Å²) < 4.78 is 51.0. The van der Waals surface area contributed by atoms with Crippen molar-refractivity contribution in [2.75, 3.05) is 31.5 Å². The van der Waals surface area contributed by atoms with E-state index >= 15 is 0 Å². The van der Waals surface area contributed by atoms with E-state index in [0.717, 1.165) is 24.3 Å². The van der Waals surface area contributed by atoms with Crippen molar-refractivity contribution in [3.63, 3.8) is 0 Å². The molecule has 0 aliphatic carbocycles. The first-order valence-corrected chi connectivity index (χ1v) is 8.52. The summed E-state index contributed by atoms with van der Waals surface area (Å²) in [6, 6.07) is 9.13. The van der Waals surface area contributed by atoms with E-state index in [1.807, 2.05) is 0 Å². The highest BCUT2D eigenvalue weighted by Crippen LogP contribution is 2.29. The Labute approximate surface area is 158 Å². The highest BCUT2D eigenvalue weighted by atomic mass is 19.4. The molecule has 2 aromatic rings. The first kappa shape index (κ1) is 19.7. The molecule has 1 aliphatic rings. The van der Waals surface area contributed by atoms with Crippen molar-refractivity contribution in [1.29, 1.82) is 0 Å². The van der Waals surface area contributed by atoms with Crippen LogP contribution in [0.4, 0.5) is 28.0 Å². The summed E-state index contributed by atoms with van der Waals surface area (Å²) in [5.41, 5.74) is -0.332. The van der Waals surface area contributed by atoms with Crippen LogP contribution in [-0.4, -0.2) is 47.9 Å². The Morgan fingerprint density at radius 3 is 2.07 bits per heavy atom. The van der Waals surface area contributed by atoms with Gasteiger partial charge in [0.05, 0.1) is 5.56 Å². The number of anilines is 1. The minimum Gasteiger partial charge on any atom is -0.335 e. The van der Waals surface area contributed by atoms with Gasteiger partial charge < -0.3 is 15.1 Å². The lowest BCUT2D eigenvalue weighted by atomic mass is 10.1. The van der Waals surface area contributed by atoms with E-state index in [9.17, 15) is 27.2 Å². The number of nitrogens with one attached hydrogen (secondary N) is 1. The molecule has 148 valence electrons. The van der Waals surface area contributed by atoms with Crippen LogP contribution in [0, 0.1) is 5.82 Å². The van der Waals surface area contributed by atoms with Crippen molar-refractivity contribution in [1.82, 2.24) is 9.80 Å². The zero-order valence-electron chi connectivity index (χ0n) is 14.7. The molecule has 0 aromatic heterocycles. The molecule has 5 nitrogen and oxygen atoms in total. The quantitative estimate of drug-likeness (QED) is 0.786. The van der Waals surface area contributed by atoms with Crippen molar-refractivity contribution >= 4 is 17.6 Å². The summed E-state index contributed by atoms with van der Waals surface area (Å²) in [6.45, 7) is 1.01. The van der Waals surface area contributed by atoms with Crippen LogP contribution < -0.4 is 5.32 Å². The number of hydrogen-bond acceptors (Lipinski definition) is 2. The van der Waals surface area contributed by atoms with Gasteiger partial charge in [0.1, 0.15) is 5.82 Å². The Bertz CT molecular complexity index is 860. The number of benzene rings is 2. The fraction of sp³-hybridized carbons (Fsp3) is 0.263. The van der Waals surface area contributed by atoms with Gasteiger partial charge in [0, 0.05) is 37.4 Å². The number of hydrogen-bond donors (Lipinski definition) is 1. The second-order valence-electron chi connectivity index (χ2n) is 6.29. The monoisotopic (exact) mass is 395 g/mol. The Morgan fingerprint density at radius 2 is 1.50 bits per heavy atom. The van der Waals surface area contributed by atoms with Crippen LogP contribution in [0.5, 0.6) is 0 Å². The van der Waals surface area contributed by atoms with Gasteiger partial charge in [-0.2, -0.15) is 13.2 Å². The molecule has 0 atom stereocenters. The van der Waals surface area contributed by atoms with Gasteiger partial charge >= 0.3 is 12.2 Å². The molecule has 1 saturated heterocycles. The van der Waals surface area contributed by atoms with Gasteiger partial charge in [0.15, 0.2) is 0 Å². The third-order valence-electron chi connectivity index (χ3n) is 4.39. The highest BCUT2D eigenvalue weighted by molar-refractivity contribution is 5.94. The molecule has 1 aliphatic heterocycles. The molecule has 0 radical (unpaired) electrons. The average Bonchev–Trinajstić information content (AvgIpc) is 2.67. The first-order valence-electron chi connectivity index (χ1n) is 8.52. The van der Waals surface area contributed by atoms with Crippen molar-refractivity contribution in [3.8, 4) is 0 Å². The number of carbonyl (C=O) groups excluding carboxylic acids is 2. The van der Waals surface area contributed by atoms with E-state index in [2.05, 4.69) is 5.32 Å². The van der Waals surface area contributed by atoms with Gasteiger partial charge in [-0.3, -0.25) is 4.79 Å². The zero-order chi connectivity index (χ0) is 20.3. The first-order chi connectivity index (χ1) is 13.2. The maximum absolute atomic E-state index is 13.2. The molecule has 2 aromatic carbocycles. The third kappa shape index (κ3) is 4.59. The van der Waals surface area contributed by atoms with Crippen LogP contribution in [0.3, 0.4) is 0 Å². The predicted molar refractivity (Wildman–Crippen MR) is 94.3 cm³/mol. The maximum Gasteiger partial charge on any atom is 0.416 e. The lowest BCUT2D eigenvalue weighted by molar-refractivity contribution is -0.137. The number of carbonyl (C=O) groups is 2. The van der Waals surface area contributed by atoms with E-state index in [1.54, 1.807) is 6.07 Å². The summed E-state index contributed by atoms with van der Waals surface area (Å²) >= 11 is 0. The van der Waals surface area contributed by atoms with Crippen LogP contribution in [-0.2, 0) is 6.18 Å². The Hall–Kier alpha value is -3.10. The molecule has 3 amide bonds. The van der Waals surface area contributed by atoms with Crippen LogP contribution >= 0.6 is 0 Å². The van der Waals surface area contributed by atoms with Crippen molar-refractivity contribution in [3.05, 3.63) is 65.5 Å². The van der Waals surface area contributed by atoms with E-state index in [1.165, 1.54) is 28.0 Å². The topological polar surface area (TPSA) is 52.7 Å². The van der Waals surface area contributed by atoms with Crippen LogP contribution in [0.25, 0.3) is 0 Å². The van der Waals surface area contributed by atoms with E-state index in [0.29, 0.717) is 5.69 Å². The van der Waals surface area contributed by atoms with Gasteiger partial charge in [-0.05, 0) is 42.5 Å². The smallest absolute Gasteiger partial charge is 0.335 e. The Balaban J connectivity index is 1.56. The molecular formula is C19H17F4N3O2. The molecule has 0 spiro atoms. The number of halogens is 4. The largest absolute Gasteiger partial charge is 0.416 e. The fourth-order valence-corrected chi connectivity index (χ4v) is 2.87. The second-order valence-corrected chi connectivity index (χ2v) is 6.29. The fourth-order valence-electron chi connectivity index (χ4n) is 2.87. The highest BCUT2D eigenvalue weighted by Gasteiger charge is 2.31.